The molecule has 0 aliphatic heterocycles. The van der Waals surface area contributed by atoms with E-state index in [1.54, 1.807) is 6.21 Å². The number of aliphatic imine (C=N–C) groups is 1. The molecule has 1 N–H and O–H groups in total. The molecular weight excluding hydrogens is 432 g/mol. The van der Waals surface area contributed by atoms with Gasteiger partial charge in [-0.15, -0.1) is 0 Å². The van der Waals surface area contributed by atoms with Crippen molar-refractivity contribution in [2.75, 3.05) is 5.32 Å². The van der Waals surface area contributed by atoms with Crippen LogP contribution in [0.3, 0.4) is 0 Å². The van der Waals surface area contributed by atoms with Gasteiger partial charge in [0.25, 0.3) is 0 Å². The number of nitrogens with one attached hydrogen (secondary N) is 1. The van der Waals surface area contributed by atoms with Crippen molar-refractivity contribution in [1.82, 2.24) is 0 Å². The van der Waals surface area contributed by atoms with Gasteiger partial charge in [-0.1, -0.05) is 42.5 Å². The summed E-state index contributed by atoms with van der Waals surface area (Å²) in [6, 6.07) is 34.6. The SMILES string of the molecule is C(/C=C/C=C/Nc1ccc(N=Nc2ccccc2)cc1)=Nc1ccc(N=Nc2ccccc2)cc1. The molecule has 0 saturated carbocycles. The molecule has 0 fully saturated rings. The Morgan fingerprint density at radius 2 is 0.886 bits per heavy atom. The summed E-state index contributed by atoms with van der Waals surface area (Å²) in [6.45, 7) is 0. The van der Waals surface area contributed by atoms with Crippen LogP contribution in [0.25, 0.3) is 0 Å². The number of hydrogen-bond acceptors (Lipinski definition) is 6. The average molecular weight is 457 g/mol. The van der Waals surface area contributed by atoms with Gasteiger partial charge in [-0.25, -0.2) is 0 Å². The molecule has 170 valence electrons. The molecule has 0 aromatic heterocycles. The molecule has 6 heteroatoms. The molecule has 4 aromatic carbocycles. The van der Waals surface area contributed by atoms with Crippen LogP contribution in [0.2, 0.25) is 0 Å². The van der Waals surface area contributed by atoms with Crippen LogP contribution in [0, 0.1) is 0 Å². The maximum absolute atomic E-state index is 4.41. The normalized spacial score (nSPS) is 12.0. The van der Waals surface area contributed by atoms with Crippen molar-refractivity contribution in [3.05, 3.63) is 134 Å². The third kappa shape index (κ3) is 8.14. The molecule has 0 saturated heterocycles. The van der Waals surface area contributed by atoms with Crippen LogP contribution in [0.1, 0.15) is 0 Å². The Morgan fingerprint density at radius 3 is 1.43 bits per heavy atom. The zero-order chi connectivity index (χ0) is 24.0. The molecule has 0 amide bonds. The third-order valence-electron chi connectivity index (χ3n) is 4.67. The first-order valence-electron chi connectivity index (χ1n) is 11.1. The number of allylic oxidation sites excluding steroid dienone is 3. The van der Waals surface area contributed by atoms with Crippen LogP contribution in [0.4, 0.5) is 34.1 Å². The summed E-state index contributed by atoms with van der Waals surface area (Å²) < 4.78 is 0. The summed E-state index contributed by atoms with van der Waals surface area (Å²) >= 11 is 0. The van der Waals surface area contributed by atoms with Crippen LogP contribution in [0.15, 0.2) is 159 Å². The smallest absolute Gasteiger partial charge is 0.0858 e. The Balaban J connectivity index is 1.20. The van der Waals surface area contributed by atoms with Gasteiger partial charge < -0.3 is 5.32 Å². The summed E-state index contributed by atoms with van der Waals surface area (Å²) in [5, 5.41) is 20.1. The van der Waals surface area contributed by atoms with E-state index >= 15 is 0 Å². The Kier molecular flexibility index (Phi) is 8.56. The highest BCUT2D eigenvalue weighted by Crippen LogP contribution is 2.22. The largest absolute Gasteiger partial charge is 0.362 e. The topological polar surface area (TPSA) is 73.8 Å². The maximum atomic E-state index is 4.41. The lowest BCUT2D eigenvalue weighted by molar-refractivity contribution is 1.23. The third-order valence-corrected chi connectivity index (χ3v) is 4.67. The van der Waals surface area contributed by atoms with Crippen LogP contribution in [0.5, 0.6) is 0 Å². The minimum atomic E-state index is 0.782. The van der Waals surface area contributed by atoms with Crippen LogP contribution in [-0.4, -0.2) is 6.21 Å². The molecule has 0 aliphatic carbocycles. The van der Waals surface area contributed by atoms with Crippen molar-refractivity contribution >= 4 is 40.3 Å². The Labute approximate surface area is 204 Å². The van der Waals surface area contributed by atoms with Crippen molar-refractivity contribution in [3.63, 3.8) is 0 Å². The fraction of sp³-hybridized carbons (Fsp3) is 0. The van der Waals surface area contributed by atoms with Gasteiger partial charge in [-0.05, 0) is 84.9 Å². The number of hydrogen-bond donors (Lipinski definition) is 1. The number of azo groups is 2. The summed E-state index contributed by atoms with van der Waals surface area (Å²) in [5.41, 5.74) is 5.04. The van der Waals surface area contributed by atoms with Gasteiger partial charge in [-0.3, -0.25) is 4.99 Å². The second-order valence-electron chi connectivity index (χ2n) is 7.30. The predicted molar refractivity (Wildman–Crippen MR) is 144 cm³/mol. The Bertz CT molecular complexity index is 1320. The zero-order valence-corrected chi connectivity index (χ0v) is 19.0. The van der Waals surface area contributed by atoms with Crippen LogP contribution < -0.4 is 5.32 Å². The molecule has 6 nitrogen and oxygen atoms in total. The molecule has 0 heterocycles. The lowest BCUT2D eigenvalue weighted by Gasteiger charge is -2.00. The molecule has 4 rings (SSSR count). The van der Waals surface area contributed by atoms with Gasteiger partial charge in [-0.2, -0.15) is 20.5 Å². The molecule has 0 aliphatic rings. The van der Waals surface area contributed by atoms with E-state index < -0.39 is 0 Å². The number of nitrogens with zero attached hydrogens (tertiary/aromatic N) is 5. The number of anilines is 1. The summed E-state index contributed by atoms with van der Waals surface area (Å²) in [4.78, 5) is 4.41. The van der Waals surface area contributed by atoms with E-state index in [0.717, 1.165) is 34.1 Å². The lowest BCUT2D eigenvalue weighted by Crippen LogP contribution is -1.85. The fourth-order valence-corrected chi connectivity index (χ4v) is 2.89. The lowest BCUT2D eigenvalue weighted by atomic mass is 10.3. The van der Waals surface area contributed by atoms with Gasteiger partial charge in [0, 0.05) is 18.1 Å². The van der Waals surface area contributed by atoms with Crippen LogP contribution >= 0.6 is 0 Å². The minimum Gasteiger partial charge on any atom is -0.362 e. The highest BCUT2D eigenvalue weighted by molar-refractivity contribution is 5.75. The van der Waals surface area contributed by atoms with E-state index in [1.807, 2.05) is 134 Å². The first-order chi connectivity index (χ1) is 17.3. The number of benzene rings is 4. The average Bonchev–Trinajstić information content (AvgIpc) is 2.93. The molecule has 0 spiro atoms. The quantitative estimate of drug-likeness (QED) is 0.152. The molecule has 0 atom stereocenters. The van der Waals surface area contributed by atoms with Crippen molar-refractivity contribution in [2.24, 2.45) is 25.4 Å². The zero-order valence-electron chi connectivity index (χ0n) is 19.0. The molecule has 0 bridgehead atoms. The van der Waals surface area contributed by atoms with Gasteiger partial charge in [0.1, 0.15) is 0 Å². The Hall–Kier alpha value is -4.97. The van der Waals surface area contributed by atoms with E-state index in [-0.39, 0.29) is 0 Å². The van der Waals surface area contributed by atoms with Crippen LogP contribution in [-0.2, 0) is 0 Å². The first kappa shape index (κ1) is 23.2. The van der Waals surface area contributed by atoms with E-state index in [2.05, 4.69) is 30.8 Å². The first-order valence-corrected chi connectivity index (χ1v) is 11.1. The second kappa shape index (κ2) is 12.9. The molecule has 0 radical (unpaired) electrons. The predicted octanol–water partition coefficient (Wildman–Crippen LogP) is 9.40. The minimum absolute atomic E-state index is 0.782. The highest BCUT2D eigenvalue weighted by atomic mass is 15.1. The van der Waals surface area contributed by atoms with E-state index in [0.29, 0.717) is 0 Å². The van der Waals surface area contributed by atoms with Crippen molar-refractivity contribution in [1.29, 1.82) is 0 Å². The molecule has 35 heavy (non-hydrogen) atoms. The van der Waals surface area contributed by atoms with E-state index in [4.69, 9.17) is 0 Å². The van der Waals surface area contributed by atoms with Crippen molar-refractivity contribution < 1.29 is 0 Å². The van der Waals surface area contributed by atoms with Crippen molar-refractivity contribution in [3.8, 4) is 0 Å². The van der Waals surface area contributed by atoms with E-state index in [1.165, 1.54) is 0 Å². The van der Waals surface area contributed by atoms with Gasteiger partial charge in [0.2, 0.25) is 0 Å². The number of rotatable bonds is 9. The summed E-state index contributed by atoms with van der Waals surface area (Å²) in [6.07, 6.45) is 9.28. The standard InChI is InChI=1S/C29H24N6/c1-4-10-26(11-5-1)32-34-28-18-14-24(15-19-28)30-22-8-3-9-23-31-25-16-20-29(21-17-25)35-33-27-12-6-2-7-13-27/h1-23,30H/b9-3+,22-8+,31-23?,34-32?,35-33?. The summed E-state index contributed by atoms with van der Waals surface area (Å²) in [7, 11) is 0. The van der Waals surface area contributed by atoms with E-state index in [9.17, 15) is 0 Å². The van der Waals surface area contributed by atoms with Crippen molar-refractivity contribution in [2.45, 2.75) is 0 Å². The van der Waals surface area contributed by atoms with Gasteiger partial charge in [0.15, 0.2) is 0 Å². The second-order valence-corrected chi connectivity index (χ2v) is 7.30. The molecule has 0 unspecified atom stereocenters. The maximum Gasteiger partial charge on any atom is 0.0858 e. The molecule has 4 aromatic rings. The summed E-state index contributed by atoms with van der Waals surface area (Å²) in [5.74, 6) is 0. The Morgan fingerprint density at radius 1 is 0.429 bits per heavy atom. The monoisotopic (exact) mass is 456 g/mol. The van der Waals surface area contributed by atoms with Gasteiger partial charge >= 0.3 is 0 Å². The fourth-order valence-electron chi connectivity index (χ4n) is 2.89. The van der Waals surface area contributed by atoms with Gasteiger partial charge in [0.05, 0.1) is 28.4 Å². The highest BCUT2D eigenvalue weighted by Gasteiger charge is 1.93. The molecular formula is C29H24N6.